The number of benzene rings is 2. The van der Waals surface area contributed by atoms with Gasteiger partial charge in [0.2, 0.25) is 5.91 Å². The maximum Gasteiger partial charge on any atom is 0.220 e. The molecule has 24 heavy (non-hydrogen) atoms. The van der Waals surface area contributed by atoms with Crippen LogP contribution in [-0.4, -0.2) is 5.91 Å². The van der Waals surface area contributed by atoms with Crippen LogP contribution < -0.4 is 11.1 Å². The van der Waals surface area contributed by atoms with Crippen LogP contribution in [0.5, 0.6) is 0 Å². The van der Waals surface area contributed by atoms with Crippen molar-refractivity contribution in [1.29, 1.82) is 0 Å². The topological polar surface area (TPSA) is 55.1 Å². The average molecular weight is 326 g/mol. The molecule has 1 aliphatic carbocycles. The van der Waals surface area contributed by atoms with Gasteiger partial charge in [-0.2, -0.15) is 0 Å². The van der Waals surface area contributed by atoms with Gasteiger partial charge in [0.15, 0.2) is 0 Å². The van der Waals surface area contributed by atoms with Gasteiger partial charge in [0, 0.05) is 25.1 Å². The van der Waals surface area contributed by atoms with Crippen LogP contribution in [0.3, 0.4) is 0 Å². The van der Waals surface area contributed by atoms with Crippen LogP contribution in [-0.2, 0) is 24.3 Å². The molecule has 2 aromatic carbocycles. The summed E-state index contributed by atoms with van der Waals surface area (Å²) in [5, 5.41) is 2.85. The van der Waals surface area contributed by atoms with Crippen LogP contribution in [0.1, 0.15) is 47.4 Å². The van der Waals surface area contributed by atoms with Gasteiger partial charge in [-0.1, -0.05) is 36.4 Å². The summed E-state index contributed by atoms with van der Waals surface area (Å²) in [7, 11) is 0. The first-order valence-electron chi connectivity index (χ1n) is 8.49. The fourth-order valence-corrected chi connectivity index (χ4v) is 3.42. The Kier molecular flexibility index (Phi) is 5.26. The highest BCUT2D eigenvalue weighted by atomic mass is 19.1. The minimum absolute atomic E-state index is 0.0287. The standard InChI is InChI=1S/C20H23FN2O/c21-19-10-14(12-22)8-9-17(19)13-23-20(24)11-16-6-3-5-15-4-1-2-7-18(15)16/h1-2,4,7-10,16H,3,5-6,11-13,22H2,(H,23,24). The Labute approximate surface area is 142 Å². The van der Waals surface area contributed by atoms with Gasteiger partial charge in [0.1, 0.15) is 5.82 Å². The number of amides is 1. The van der Waals surface area contributed by atoms with E-state index in [2.05, 4.69) is 23.5 Å². The Morgan fingerprint density at radius 3 is 2.88 bits per heavy atom. The van der Waals surface area contributed by atoms with E-state index in [0.717, 1.165) is 24.8 Å². The lowest BCUT2D eigenvalue weighted by molar-refractivity contribution is -0.121. The summed E-state index contributed by atoms with van der Waals surface area (Å²) in [5.41, 5.74) is 9.38. The molecule has 0 heterocycles. The number of nitrogens with two attached hydrogens (primary N) is 1. The Bertz CT molecular complexity index is 729. The molecule has 0 aromatic heterocycles. The van der Waals surface area contributed by atoms with Crippen molar-refractivity contribution in [3.8, 4) is 0 Å². The smallest absolute Gasteiger partial charge is 0.220 e. The third-order valence-electron chi connectivity index (χ3n) is 4.75. The van der Waals surface area contributed by atoms with E-state index in [-0.39, 0.29) is 24.2 Å². The molecule has 126 valence electrons. The molecule has 0 bridgehead atoms. The number of carbonyl (C=O) groups excluding carboxylic acids is 1. The third-order valence-corrected chi connectivity index (χ3v) is 4.75. The van der Waals surface area contributed by atoms with Crippen molar-refractivity contribution in [1.82, 2.24) is 5.32 Å². The number of aryl methyl sites for hydroxylation is 1. The number of nitrogens with one attached hydrogen (secondary N) is 1. The van der Waals surface area contributed by atoms with Gasteiger partial charge in [-0.25, -0.2) is 4.39 Å². The molecule has 1 amide bonds. The van der Waals surface area contributed by atoms with Crippen molar-refractivity contribution in [2.45, 2.75) is 44.7 Å². The van der Waals surface area contributed by atoms with Crippen LogP contribution in [0.25, 0.3) is 0 Å². The van der Waals surface area contributed by atoms with Crippen LogP contribution in [0.4, 0.5) is 4.39 Å². The maximum absolute atomic E-state index is 13.9. The molecular formula is C20H23FN2O. The molecule has 3 N–H and O–H groups in total. The lowest BCUT2D eigenvalue weighted by Crippen LogP contribution is -2.26. The Morgan fingerprint density at radius 1 is 1.25 bits per heavy atom. The number of rotatable bonds is 5. The van der Waals surface area contributed by atoms with E-state index in [1.165, 1.54) is 17.2 Å². The van der Waals surface area contributed by atoms with Crippen molar-refractivity contribution < 1.29 is 9.18 Å². The molecule has 1 unspecified atom stereocenters. The van der Waals surface area contributed by atoms with E-state index >= 15 is 0 Å². The second-order valence-corrected chi connectivity index (χ2v) is 6.40. The summed E-state index contributed by atoms with van der Waals surface area (Å²) in [4.78, 5) is 12.3. The molecule has 2 aromatic rings. The fourth-order valence-electron chi connectivity index (χ4n) is 3.42. The first-order chi connectivity index (χ1) is 11.7. The Balaban J connectivity index is 1.59. The number of hydrogen-bond donors (Lipinski definition) is 2. The highest BCUT2D eigenvalue weighted by Crippen LogP contribution is 2.33. The molecule has 4 heteroatoms. The van der Waals surface area contributed by atoms with E-state index in [0.29, 0.717) is 18.5 Å². The summed E-state index contributed by atoms with van der Waals surface area (Å²) < 4.78 is 13.9. The zero-order valence-corrected chi connectivity index (χ0v) is 13.7. The van der Waals surface area contributed by atoms with Gasteiger partial charge in [0.25, 0.3) is 0 Å². The molecule has 0 saturated carbocycles. The molecule has 0 fully saturated rings. The molecule has 0 spiro atoms. The zero-order chi connectivity index (χ0) is 16.9. The van der Waals surface area contributed by atoms with Crippen molar-refractivity contribution in [3.63, 3.8) is 0 Å². The maximum atomic E-state index is 13.9. The predicted molar refractivity (Wildman–Crippen MR) is 92.9 cm³/mol. The van der Waals surface area contributed by atoms with Crippen molar-refractivity contribution in [2.24, 2.45) is 5.73 Å². The van der Waals surface area contributed by atoms with Gasteiger partial charge < -0.3 is 11.1 Å². The zero-order valence-electron chi connectivity index (χ0n) is 13.7. The van der Waals surface area contributed by atoms with Crippen LogP contribution in [0.2, 0.25) is 0 Å². The Hall–Kier alpha value is -2.20. The molecule has 3 rings (SSSR count). The largest absolute Gasteiger partial charge is 0.352 e. The molecule has 0 radical (unpaired) electrons. The van der Waals surface area contributed by atoms with E-state index in [1.54, 1.807) is 12.1 Å². The summed E-state index contributed by atoms with van der Waals surface area (Å²) in [5.74, 6) is -0.0836. The van der Waals surface area contributed by atoms with E-state index in [1.807, 2.05) is 6.07 Å². The molecule has 0 aliphatic heterocycles. The summed E-state index contributed by atoms with van der Waals surface area (Å²) in [6, 6.07) is 13.3. The first kappa shape index (κ1) is 16.7. The normalized spacial score (nSPS) is 16.5. The quantitative estimate of drug-likeness (QED) is 0.884. The predicted octanol–water partition coefficient (Wildman–Crippen LogP) is 3.41. The van der Waals surface area contributed by atoms with Crippen molar-refractivity contribution >= 4 is 5.91 Å². The fraction of sp³-hybridized carbons (Fsp3) is 0.350. The monoisotopic (exact) mass is 326 g/mol. The molecule has 0 saturated heterocycles. The van der Waals surface area contributed by atoms with Gasteiger partial charge in [-0.3, -0.25) is 4.79 Å². The highest BCUT2D eigenvalue weighted by Gasteiger charge is 2.22. The van der Waals surface area contributed by atoms with E-state index in [4.69, 9.17) is 5.73 Å². The van der Waals surface area contributed by atoms with Crippen molar-refractivity contribution in [3.05, 3.63) is 70.5 Å². The van der Waals surface area contributed by atoms with Gasteiger partial charge in [-0.15, -0.1) is 0 Å². The van der Waals surface area contributed by atoms with E-state index in [9.17, 15) is 9.18 Å². The third kappa shape index (κ3) is 3.82. The van der Waals surface area contributed by atoms with Gasteiger partial charge >= 0.3 is 0 Å². The van der Waals surface area contributed by atoms with Crippen molar-refractivity contribution in [2.75, 3.05) is 0 Å². The molecular weight excluding hydrogens is 303 g/mol. The first-order valence-corrected chi connectivity index (χ1v) is 8.49. The average Bonchev–Trinajstić information content (AvgIpc) is 2.61. The van der Waals surface area contributed by atoms with Gasteiger partial charge in [0.05, 0.1) is 0 Å². The van der Waals surface area contributed by atoms with Crippen LogP contribution >= 0.6 is 0 Å². The highest BCUT2D eigenvalue weighted by molar-refractivity contribution is 5.77. The minimum atomic E-state index is -0.318. The second-order valence-electron chi connectivity index (χ2n) is 6.40. The number of hydrogen-bond acceptors (Lipinski definition) is 2. The Morgan fingerprint density at radius 2 is 2.08 bits per heavy atom. The van der Waals surface area contributed by atoms with Crippen LogP contribution in [0.15, 0.2) is 42.5 Å². The summed E-state index contributed by atoms with van der Waals surface area (Å²) in [6.07, 6.45) is 3.70. The molecule has 1 atom stereocenters. The number of fused-ring (bicyclic) bond motifs is 1. The van der Waals surface area contributed by atoms with E-state index < -0.39 is 0 Å². The number of halogens is 1. The molecule has 1 aliphatic rings. The van der Waals surface area contributed by atoms with Gasteiger partial charge in [-0.05, 0) is 47.9 Å². The van der Waals surface area contributed by atoms with Crippen LogP contribution in [0, 0.1) is 5.82 Å². The molecule has 3 nitrogen and oxygen atoms in total. The summed E-state index contributed by atoms with van der Waals surface area (Å²) in [6.45, 7) is 0.522. The lowest BCUT2D eigenvalue weighted by Gasteiger charge is -2.25. The minimum Gasteiger partial charge on any atom is -0.352 e. The number of carbonyl (C=O) groups is 1. The SMILES string of the molecule is NCc1ccc(CNC(=O)CC2CCCc3ccccc32)c(F)c1. The summed E-state index contributed by atoms with van der Waals surface area (Å²) >= 11 is 0. The lowest BCUT2D eigenvalue weighted by atomic mass is 9.81. The second kappa shape index (κ2) is 7.58.